The predicted octanol–water partition coefficient (Wildman–Crippen LogP) is 1.96. The van der Waals surface area contributed by atoms with Gasteiger partial charge in [-0.1, -0.05) is 25.1 Å². The normalized spacial score (nSPS) is 14.1. The fraction of sp³-hybridized carbons (Fsp3) is 0.600. The molecule has 0 amide bonds. The molecule has 1 aromatic carbocycles. The molecule has 0 saturated carbocycles. The van der Waals surface area contributed by atoms with Crippen molar-refractivity contribution in [2.45, 2.75) is 31.8 Å². The minimum atomic E-state index is -0.732. The summed E-state index contributed by atoms with van der Waals surface area (Å²) in [6.45, 7) is 3.98. The molecule has 0 saturated heterocycles. The summed E-state index contributed by atoms with van der Waals surface area (Å²) in [5.74, 6) is 0.856. The first kappa shape index (κ1) is 16.0. The third-order valence-corrected chi connectivity index (χ3v) is 3.21. The molecule has 1 aromatic rings. The smallest absolute Gasteiger partial charge is 0.119 e. The van der Waals surface area contributed by atoms with Gasteiger partial charge in [0, 0.05) is 13.2 Å². The van der Waals surface area contributed by atoms with E-state index in [1.54, 1.807) is 0 Å². The highest BCUT2D eigenvalue weighted by Gasteiger charge is 2.21. The van der Waals surface area contributed by atoms with Crippen LogP contribution in [0.15, 0.2) is 30.3 Å². The van der Waals surface area contributed by atoms with Crippen LogP contribution in [0.2, 0.25) is 0 Å². The maximum absolute atomic E-state index is 9.97. The number of ether oxygens (including phenoxy) is 2. The number of benzene rings is 1. The van der Waals surface area contributed by atoms with Crippen molar-refractivity contribution in [2.24, 2.45) is 5.73 Å². The molecule has 108 valence electrons. The summed E-state index contributed by atoms with van der Waals surface area (Å²) in [6.07, 6.45) is 2.17. The highest BCUT2D eigenvalue weighted by atomic mass is 16.5. The zero-order chi connectivity index (χ0) is 14.0. The largest absolute Gasteiger partial charge is 0.491 e. The molecule has 19 heavy (non-hydrogen) atoms. The van der Waals surface area contributed by atoms with Crippen LogP contribution in [0.25, 0.3) is 0 Å². The van der Waals surface area contributed by atoms with Gasteiger partial charge in [0.1, 0.15) is 12.4 Å². The first-order valence-corrected chi connectivity index (χ1v) is 6.88. The van der Waals surface area contributed by atoms with Crippen molar-refractivity contribution in [3.63, 3.8) is 0 Å². The van der Waals surface area contributed by atoms with Crippen molar-refractivity contribution in [1.29, 1.82) is 0 Å². The first-order valence-electron chi connectivity index (χ1n) is 6.88. The molecule has 1 rings (SSSR count). The number of hydrogen-bond acceptors (Lipinski definition) is 4. The third kappa shape index (κ3) is 6.57. The van der Waals surface area contributed by atoms with E-state index in [1.807, 2.05) is 37.3 Å². The average molecular weight is 267 g/mol. The Morgan fingerprint density at radius 2 is 1.89 bits per heavy atom. The van der Waals surface area contributed by atoms with E-state index in [0.29, 0.717) is 39.2 Å². The maximum Gasteiger partial charge on any atom is 0.119 e. The van der Waals surface area contributed by atoms with E-state index in [-0.39, 0.29) is 0 Å². The van der Waals surface area contributed by atoms with Crippen molar-refractivity contribution in [1.82, 2.24) is 0 Å². The van der Waals surface area contributed by atoms with Gasteiger partial charge in [-0.2, -0.15) is 0 Å². The van der Waals surface area contributed by atoms with E-state index < -0.39 is 5.60 Å². The monoisotopic (exact) mass is 267 g/mol. The Morgan fingerprint density at radius 1 is 1.16 bits per heavy atom. The van der Waals surface area contributed by atoms with Gasteiger partial charge in [-0.15, -0.1) is 0 Å². The van der Waals surface area contributed by atoms with E-state index >= 15 is 0 Å². The van der Waals surface area contributed by atoms with Crippen molar-refractivity contribution in [2.75, 3.05) is 26.4 Å². The van der Waals surface area contributed by atoms with Gasteiger partial charge in [0.15, 0.2) is 0 Å². The molecule has 0 bridgehead atoms. The summed E-state index contributed by atoms with van der Waals surface area (Å²) in [6, 6.07) is 9.67. The molecule has 3 N–H and O–H groups in total. The third-order valence-electron chi connectivity index (χ3n) is 3.21. The fourth-order valence-electron chi connectivity index (χ4n) is 1.76. The van der Waals surface area contributed by atoms with Gasteiger partial charge in [-0.25, -0.2) is 0 Å². The van der Waals surface area contributed by atoms with Crippen LogP contribution in [0.5, 0.6) is 5.75 Å². The second-order valence-corrected chi connectivity index (χ2v) is 4.66. The second-order valence-electron chi connectivity index (χ2n) is 4.66. The molecular weight excluding hydrogens is 242 g/mol. The minimum absolute atomic E-state index is 0.306. The van der Waals surface area contributed by atoms with Crippen LogP contribution < -0.4 is 10.5 Å². The van der Waals surface area contributed by atoms with Crippen LogP contribution in [0.4, 0.5) is 0 Å². The Labute approximate surface area is 115 Å². The highest BCUT2D eigenvalue weighted by molar-refractivity contribution is 5.20. The first-order chi connectivity index (χ1) is 9.20. The summed E-state index contributed by atoms with van der Waals surface area (Å²) in [4.78, 5) is 0. The van der Waals surface area contributed by atoms with Gasteiger partial charge >= 0.3 is 0 Å². The van der Waals surface area contributed by atoms with Gasteiger partial charge in [0.25, 0.3) is 0 Å². The molecule has 0 aliphatic rings. The predicted molar refractivity (Wildman–Crippen MR) is 76.3 cm³/mol. The molecule has 4 heteroatoms. The molecule has 0 radical (unpaired) electrons. The summed E-state index contributed by atoms with van der Waals surface area (Å²) in [5.41, 5.74) is 4.80. The van der Waals surface area contributed by atoms with E-state index in [9.17, 15) is 5.11 Å². The van der Waals surface area contributed by atoms with E-state index in [1.165, 1.54) is 0 Å². The molecule has 0 heterocycles. The van der Waals surface area contributed by atoms with E-state index in [0.717, 1.165) is 12.2 Å². The Morgan fingerprint density at radius 3 is 2.53 bits per heavy atom. The number of nitrogens with two attached hydrogens (primary N) is 1. The van der Waals surface area contributed by atoms with Crippen molar-refractivity contribution in [3.8, 4) is 5.75 Å². The van der Waals surface area contributed by atoms with Gasteiger partial charge in [0.2, 0.25) is 0 Å². The highest BCUT2D eigenvalue weighted by Crippen LogP contribution is 2.15. The molecule has 0 fully saturated rings. The Bertz CT molecular complexity index is 325. The summed E-state index contributed by atoms with van der Waals surface area (Å²) in [7, 11) is 0. The molecule has 1 unspecified atom stereocenters. The van der Waals surface area contributed by atoms with Crippen LogP contribution in [-0.2, 0) is 4.74 Å². The van der Waals surface area contributed by atoms with Crippen molar-refractivity contribution in [3.05, 3.63) is 30.3 Å². The van der Waals surface area contributed by atoms with Gasteiger partial charge in [-0.05, 0) is 31.4 Å². The van der Waals surface area contributed by atoms with Gasteiger partial charge in [-0.3, -0.25) is 0 Å². The lowest BCUT2D eigenvalue weighted by molar-refractivity contribution is 0.0212. The van der Waals surface area contributed by atoms with Crippen molar-refractivity contribution < 1.29 is 14.6 Å². The van der Waals surface area contributed by atoms with Crippen molar-refractivity contribution >= 4 is 0 Å². The van der Waals surface area contributed by atoms with Crippen LogP contribution in [-0.4, -0.2) is 37.1 Å². The van der Waals surface area contributed by atoms with Gasteiger partial charge < -0.3 is 20.3 Å². The Balaban J connectivity index is 2.00. The SMILES string of the molecule is CCC(O)(CN)CCCOCCOc1ccccc1. The molecule has 1 atom stereocenters. The molecular formula is C15H25NO3. The van der Waals surface area contributed by atoms with E-state index in [2.05, 4.69) is 0 Å². The quantitative estimate of drug-likeness (QED) is 0.636. The lowest BCUT2D eigenvalue weighted by Gasteiger charge is -2.24. The van der Waals surface area contributed by atoms with Crippen LogP contribution in [0.3, 0.4) is 0 Å². The maximum atomic E-state index is 9.97. The Kier molecular flexibility index (Phi) is 7.48. The standard InChI is InChI=1S/C15H25NO3/c1-2-15(17,13-16)9-6-10-18-11-12-19-14-7-4-3-5-8-14/h3-5,7-8,17H,2,6,9-13,16H2,1H3. The molecule has 0 aliphatic carbocycles. The molecule has 4 nitrogen and oxygen atoms in total. The minimum Gasteiger partial charge on any atom is -0.491 e. The zero-order valence-corrected chi connectivity index (χ0v) is 11.7. The van der Waals surface area contributed by atoms with Crippen LogP contribution in [0.1, 0.15) is 26.2 Å². The number of aliphatic hydroxyl groups is 1. The van der Waals surface area contributed by atoms with E-state index in [4.69, 9.17) is 15.2 Å². The lowest BCUT2D eigenvalue weighted by atomic mass is 9.95. The molecule has 0 spiro atoms. The zero-order valence-electron chi connectivity index (χ0n) is 11.7. The fourth-order valence-corrected chi connectivity index (χ4v) is 1.76. The number of rotatable bonds is 10. The lowest BCUT2D eigenvalue weighted by Crippen LogP contribution is -2.37. The second kappa shape index (κ2) is 8.91. The number of hydrogen-bond donors (Lipinski definition) is 2. The van der Waals surface area contributed by atoms with Gasteiger partial charge in [0.05, 0.1) is 12.2 Å². The van der Waals surface area contributed by atoms with Crippen LogP contribution >= 0.6 is 0 Å². The molecule has 0 aromatic heterocycles. The molecule has 0 aliphatic heterocycles. The summed E-state index contributed by atoms with van der Waals surface area (Å²) < 4.78 is 11.0. The number of para-hydroxylation sites is 1. The summed E-state index contributed by atoms with van der Waals surface area (Å²) >= 11 is 0. The van der Waals surface area contributed by atoms with Crippen LogP contribution in [0, 0.1) is 0 Å². The average Bonchev–Trinajstić information content (AvgIpc) is 2.47. The summed E-state index contributed by atoms with van der Waals surface area (Å²) in [5, 5.41) is 9.97. The Hall–Kier alpha value is -1.10. The topological polar surface area (TPSA) is 64.7 Å².